The van der Waals surface area contributed by atoms with E-state index in [1.54, 1.807) is 0 Å². The fraction of sp³-hybridized carbons (Fsp3) is 0.636. The topological polar surface area (TPSA) is 227 Å². The molecule has 0 saturated carbocycles. The molecule has 1 amide bonds. The van der Waals surface area contributed by atoms with Gasteiger partial charge in [0, 0.05) is 6.20 Å². The Balaban J connectivity index is 2.16. The summed E-state index contributed by atoms with van der Waals surface area (Å²) in [5.41, 5.74) is 0. The van der Waals surface area contributed by atoms with E-state index < -0.39 is 71.2 Å². The molecule has 0 aromatic heterocycles. The van der Waals surface area contributed by atoms with Crippen molar-refractivity contribution in [1.29, 1.82) is 0 Å². The Morgan fingerprint density at radius 3 is 2.32 bits per heavy atom. The summed E-state index contributed by atoms with van der Waals surface area (Å²) in [6.45, 7) is -0.616. The van der Waals surface area contributed by atoms with Gasteiger partial charge in [-0.05, 0) is 13.0 Å². The Morgan fingerprint density at radius 2 is 1.81 bits per heavy atom. The Kier molecular flexibility index (Phi) is 7.45. The molecule has 0 spiro atoms. The highest BCUT2D eigenvalue weighted by Gasteiger charge is 2.65. The number of phosphoric acid groups is 3. The first-order valence-electron chi connectivity index (χ1n) is 7.82. The third-order valence-electron chi connectivity index (χ3n) is 3.86. The van der Waals surface area contributed by atoms with Crippen LogP contribution >= 0.6 is 35.1 Å². The number of halogens is 2. The molecule has 0 bridgehead atoms. The first kappa shape index (κ1) is 26.7. The van der Waals surface area contributed by atoms with E-state index in [2.05, 4.69) is 13.1 Å². The summed E-state index contributed by atoms with van der Waals surface area (Å²) in [5, 5.41) is 10.2. The molecule has 2 heterocycles. The number of rotatable bonds is 8. The summed E-state index contributed by atoms with van der Waals surface area (Å²) in [4.78, 5) is 57.3. The van der Waals surface area contributed by atoms with Crippen LogP contribution in [-0.4, -0.2) is 70.9 Å². The average Bonchev–Trinajstić information content (AvgIpc) is 2.71. The van der Waals surface area contributed by atoms with Crippen LogP contribution in [0.3, 0.4) is 0 Å². The molecule has 2 aliphatic rings. The normalized spacial score (nSPS) is 35.8. The average molecular weight is 534 g/mol. The molecule has 0 aromatic carbocycles. The maximum atomic E-state index is 15.2. The number of hydrogen-bond donors (Lipinski definition) is 5. The van der Waals surface area contributed by atoms with Crippen molar-refractivity contribution in [3.63, 3.8) is 0 Å². The van der Waals surface area contributed by atoms with Crippen LogP contribution in [-0.2, 0) is 41.2 Å². The fourth-order valence-corrected chi connectivity index (χ4v) is 5.94. The number of carbonyl (C=O) groups excluding carboxylic acids is 2. The van der Waals surface area contributed by atoms with Crippen molar-refractivity contribution < 1.29 is 70.2 Å². The molecule has 0 aromatic rings. The highest BCUT2D eigenvalue weighted by Crippen LogP contribution is 2.66. The minimum Gasteiger partial charge on any atom is -0.385 e. The van der Waals surface area contributed by atoms with Gasteiger partial charge in [-0.3, -0.25) is 19.0 Å². The largest absolute Gasteiger partial charge is 0.490 e. The second-order valence-corrected chi connectivity index (χ2v) is 11.7. The number of nitrogens with zero attached hydrogens (tertiary/aromatic N) is 1. The lowest BCUT2D eigenvalue weighted by molar-refractivity contribution is -0.210. The van der Waals surface area contributed by atoms with Crippen molar-refractivity contribution >= 4 is 46.8 Å². The van der Waals surface area contributed by atoms with Crippen LogP contribution < -0.4 is 0 Å². The Morgan fingerprint density at radius 1 is 1.23 bits per heavy atom. The van der Waals surface area contributed by atoms with Crippen molar-refractivity contribution in [2.75, 3.05) is 6.61 Å². The zero-order valence-electron chi connectivity index (χ0n) is 15.2. The number of phosphoric ester groups is 1. The van der Waals surface area contributed by atoms with Gasteiger partial charge in [0.1, 0.15) is 17.6 Å². The first-order valence-corrected chi connectivity index (χ1v) is 12.7. The van der Waals surface area contributed by atoms with Crippen molar-refractivity contribution in [2.45, 2.75) is 36.4 Å². The Hall–Kier alpha value is -0.570. The quantitative estimate of drug-likeness (QED) is 0.157. The molecule has 2 rings (SSSR count). The minimum atomic E-state index is -5.85. The van der Waals surface area contributed by atoms with Gasteiger partial charge in [-0.2, -0.15) is 8.62 Å². The highest BCUT2D eigenvalue weighted by atomic mass is 35.5. The molecular formula is C11H16ClFNO14P3. The van der Waals surface area contributed by atoms with Crippen molar-refractivity contribution in [3.05, 3.63) is 12.3 Å². The number of allylic oxidation sites excluding steroid dienone is 1. The second-order valence-electron chi connectivity index (χ2n) is 6.43. The van der Waals surface area contributed by atoms with Crippen LogP contribution in [0.2, 0.25) is 0 Å². The van der Waals surface area contributed by atoms with Gasteiger partial charge in [-0.25, -0.2) is 18.1 Å². The van der Waals surface area contributed by atoms with Crippen molar-refractivity contribution in [3.8, 4) is 0 Å². The molecular weight excluding hydrogens is 517 g/mol. The third kappa shape index (κ3) is 6.49. The highest BCUT2D eigenvalue weighted by molar-refractivity contribution is 7.66. The van der Waals surface area contributed by atoms with E-state index >= 15 is 4.39 Å². The fourth-order valence-electron chi connectivity index (χ4n) is 2.59. The standard InChI is InChI=1S/C11H16ClFNO14P3/c1-10(12)8(17)11(13,26-9(10)14-3-2-6(15)4-7(14)16)5-25-30(21,22)28-31(23,24)27-29(18,19)20/h2-3,8-9,17H,4-5H2,1H3,(H,21,22)(H,23,24)(H2,18,19,20)/t8-,9+,10+,11+/m0/s1. The number of aliphatic hydroxyl groups is 1. The molecule has 1 saturated heterocycles. The predicted molar refractivity (Wildman–Crippen MR) is 94.4 cm³/mol. The number of hydrogen-bond acceptors (Lipinski definition) is 10. The van der Waals surface area contributed by atoms with Gasteiger partial charge in [-0.15, -0.1) is 11.6 Å². The van der Waals surface area contributed by atoms with Crippen LogP contribution in [0.5, 0.6) is 0 Å². The van der Waals surface area contributed by atoms with Crippen LogP contribution in [0.1, 0.15) is 13.3 Å². The molecule has 1 fully saturated rings. The molecule has 0 radical (unpaired) electrons. The van der Waals surface area contributed by atoms with E-state index in [0.29, 0.717) is 4.90 Å². The number of ether oxygens (including phenoxy) is 1. The third-order valence-corrected chi connectivity index (χ3v) is 8.04. The van der Waals surface area contributed by atoms with Gasteiger partial charge in [-0.1, -0.05) is 0 Å². The molecule has 2 unspecified atom stereocenters. The van der Waals surface area contributed by atoms with Gasteiger partial charge in [0.15, 0.2) is 12.0 Å². The van der Waals surface area contributed by atoms with Crippen molar-refractivity contribution in [1.82, 2.24) is 4.90 Å². The van der Waals surface area contributed by atoms with Gasteiger partial charge in [0.05, 0.1) is 6.42 Å². The van der Waals surface area contributed by atoms with Gasteiger partial charge >= 0.3 is 23.5 Å². The molecule has 31 heavy (non-hydrogen) atoms. The molecule has 2 aliphatic heterocycles. The number of carbonyl (C=O) groups is 2. The lowest BCUT2D eigenvalue weighted by Crippen LogP contribution is -2.51. The summed E-state index contributed by atoms with van der Waals surface area (Å²) in [7, 11) is -17.2. The monoisotopic (exact) mass is 533 g/mol. The SMILES string of the molecule is C[C@]1(Cl)[C@H](N2C=CC(=O)CC2=O)O[C@](F)(COP(=O)(O)OP(=O)(O)OP(=O)(O)O)[C@H]1O. The predicted octanol–water partition coefficient (Wildman–Crippen LogP) is 0.0253. The molecule has 178 valence electrons. The van der Waals surface area contributed by atoms with Gasteiger partial charge in [0.2, 0.25) is 5.91 Å². The smallest absolute Gasteiger partial charge is 0.385 e. The Bertz CT molecular complexity index is 936. The summed E-state index contributed by atoms with van der Waals surface area (Å²) in [6, 6.07) is 0. The van der Waals surface area contributed by atoms with Crippen LogP contribution in [0.15, 0.2) is 12.3 Å². The molecule has 15 nitrogen and oxygen atoms in total. The number of ketones is 1. The summed E-state index contributed by atoms with van der Waals surface area (Å²) < 4.78 is 64.8. The first-order chi connectivity index (χ1) is 13.8. The van der Waals surface area contributed by atoms with E-state index in [1.807, 2.05) is 0 Å². The maximum Gasteiger partial charge on any atom is 0.490 e. The molecule has 5 N–H and O–H groups in total. The molecule has 6 atom stereocenters. The van der Waals surface area contributed by atoms with E-state index in [9.17, 15) is 33.3 Å². The van der Waals surface area contributed by atoms with E-state index in [4.69, 9.17) is 31.0 Å². The van der Waals surface area contributed by atoms with E-state index in [-0.39, 0.29) is 0 Å². The maximum absolute atomic E-state index is 15.2. The lowest BCUT2D eigenvalue weighted by atomic mass is 9.98. The van der Waals surface area contributed by atoms with Gasteiger partial charge in [0.25, 0.3) is 5.85 Å². The van der Waals surface area contributed by atoms with Crippen LogP contribution in [0, 0.1) is 0 Å². The summed E-state index contributed by atoms with van der Waals surface area (Å²) in [5.74, 6) is -4.80. The number of aliphatic hydroxyl groups excluding tert-OH is 1. The number of alkyl halides is 2. The van der Waals surface area contributed by atoms with E-state index in [0.717, 1.165) is 19.2 Å². The van der Waals surface area contributed by atoms with Crippen molar-refractivity contribution in [2.24, 2.45) is 0 Å². The zero-order chi connectivity index (χ0) is 24.0. The minimum absolute atomic E-state index is 0.560. The number of amides is 1. The molecule has 0 aliphatic carbocycles. The van der Waals surface area contributed by atoms with Gasteiger partial charge < -0.3 is 29.4 Å². The van der Waals surface area contributed by atoms with Crippen LogP contribution in [0.4, 0.5) is 4.39 Å². The summed E-state index contributed by atoms with van der Waals surface area (Å²) >= 11 is 6.10. The van der Waals surface area contributed by atoms with Crippen LogP contribution in [0.25, 0.3) is 0 Å². The second kappa shape index (κ2) is 8.65. The van der Waals surface area contributed by atoms with E-state index in [1.165, 1.54) is 0 Å². The Labute approximate surface area is 177 Å². The lowest BCUT2D eigenvalue weighted by Gasteiger charge is -2.33. The summed E-state index contributed by atoms with van der Waals surface area (Å²) in [6.07, 6.45) is -2.75. The molecule has 20 heteroatoms. The zero-order valence-corrected chi connectivity index (χ0v) is 18.6.